The summed E-state index contributed by atoms with van der Waals surface area (Å²) in [6.07, 6.45) is 7.94. The first kappa shape index (κ1) is 22.5. The quantitative estimate of drug-likeness (QED) is 0.520. The molecule has 0 amide bonds. The molecule has 4 rings (SSSR count). The summed E-state index contributed by atoms with van der Waals surface area (Å²) in [5.41, 5.74) is 2.01. The summed E-state index contributed by atoms with van der Waals surface area (Å²) < 4.78 is 33.0. The summed E-state index contributed by atoms with van der Waals surface area (Å²) in [4.78, 5) is 9.13. The van der Waals surface area contributed by atoms with Crippen molar-refractivity contribution in [3.63, 3.8) is 0 Å². The molecule has 1 aliphatic rings. The molecule has 3 aromatic heterocycles. The highest BCUT2D eigenvalue weighted by atomic mass is 32.2. The highest BCUT2D eigenvalue weighted by Crippen LogP contribution is 2.29. The van der Waals surface area contributed by atoms with Gasteiger partial charge in [0.05, 0.1) is 25.3 Å². The van der Waals surface area contributed by atoms with Gasteiger partial charge in [0.25, 0.3) is 0 Å². The fraction of sp³-hybridized carbons (Fsp3) is 0.600. The molecule has 11 nitrogen and oxygen atoms in total. The lowest BCUT2D eigenvalue weighted by molar-refractivity contribution is 0.261. The van der Waals surface area contributed by atoms with Gasteiger partial charge in [-0.25, -0.2) is 17.7 Å². The minimum Gasteiger partial charge on any atom is -0.476 e. The molecule has 4 heterocycles. The number of rotatable bonds is 8. The lowest BCUT2D eigenvalue weighted by atomic mass is 9.95. The molecular formula is C20H30N8O3S. The molecule has 0 unspecified atom stereocenters. The van der Waals surface area contributed by atoms with Crippen LogP contribution in [0.3, 0.4) is 0 Å². The topological polar surface area (TPSA) is 130 Å². The van der Waals surface area contributed by atoms with Crippen LogP contribution in [0.4, 0.5) is 5.95 Å². The number of H-pyrrole nitrogens is 1. The first-order valence-electron chi connectivity index (χ1n) is 10.8. The maximum absolute atomic E-state index is 11.9. The molecule has 0 saturated carbocycles. The fourth-order valence-electron chi connectivity index (χ4n) is 3.78. The molecule has 12 heteroatoms. The Morgan fingerprint density at radius 3 is 2.81 bits per heavy atom. The van der Waals surface area contributed by atoms with Gasteiger partial charge in [0.2, 0.25) is 21.9 Å². The largest absolute Gasteiger partial charge is 0.476 e. The predicted octanol–water partition coefficient (Wildman–Crippen LogP) is 2.02. The van der Waals surface area contributed by atoms with E-state index in [1.165, 1.54) is 10.6 Å². The van der Waals surface area contributed by atoms with E-state index in [4.69, 9.17) is 4.74 Å². The number of ether oxygens (including phenoxy) is 1. The van der Waals surface area contributed by atoms with Crippen molar-refractivity contribution in [2.75, 3.05) is 31.3 Å². The van der Waals surface area contributed by atoms with E-state index in [0.717, 1.165) is 12.0 Å². The van der Waals surface area contributed by atoms with E-state index in [1.807, 2.05) is 6.92 Å². The van der Waals surface area contributed by atoms with Gasteiger partial charge in [0, 0.05) is 30.9 Å². The standard InChI is InChI=1S/C20H30N8O3S/c1-13(2)6-8-31-19-18(15-9-22-23-10-15)21-11-17-25-20(26-28(17)19)24-16-5-7-27(12-14(16)3)32(4,29)30/h9-11,13-14,16H,5-8,12H2,1-4H3,(H,22,23)(H,24,26)/t14-,16+/m1/s1. The van der Waals surface area contributed by atoms with Gasteiger partial charge in [0.1, 0.15) is 5.69 Å². The molecule has 174 valence electrons. The first-order valence-corrected chi connectivity index (χ1v) is 12.7. The monoisotopic (exact) mass is 462 g/mol. The van der Waals surface area contributed by atoms with Gasteiger partial charge in [-0.3, -0.25) is 5.10 Å². The summed E-state index contributed by atoms with van der Waals surface area (Å²) in [6, 6.07) is 0.0667. The van der Waals surface area contributed by atoms with Gasteiger partial charge in [-0.2, -0.15) is 14.6 Å². The Kier molecular flexibility index (Phi) is 6.33. The number of nitrogens with one attached hydrogen (secondary N) is 2. The lowest BCUT2D eigenvalue weighted by Crippen LogP contribution is -2.47. The SMILES string of the molecule is CC(C)CCOc1c(-c2cn[nH]c2)ncc2nc(N[C@H]3CCN(S(C)(=O)=O)C[C@H]3C)nn12. The maximum Gasteiger partial charge on any atom is 0.244 e. The van der Waals surface area contributed by atoms with Crippen molar-refractivity contribution in [2.24, 2.45) is 11.8 Å². The van der Waals surface area contributed by atoms with Crippen molar-refractivity contribution in [1.82, 2.24) is 34.1 Å². The molecule has 0 bridgehead atoms. The normalized spacial score (nSPS) is 20.2. The van der Waals surface area contributed by atoms with Crippen LogP contribution in [0.15, 0.2) is 18.6 Å². The number of hydrogen-bond donors (Lipinski definition) is 2. The number of aromatic amines is 1. The molecule has 1 fully saturated rings. The van der Waals surface area contributed by atoms with E-state index in [1.54, 1.807) is 23.1 Å². The first-order chi connectivity index (χ1) is 15.2. The Bertz CT molecular complexity index is 1160. The van der Waals surface area contributed by atoms with E-state index in [0.29, 0.717) is 55.2 Å². The van der Waals surface area contributed by atoms with Gasteiger partial charge >= 0.3 is 0 Å². The second-order valence-electron chi connectivity index (χ2n) is 8.77. The van der Waals surface area contributed by atoms with Crippen LogP contribution in [0.25, 0.3) is 16.9 Å². The molecule has 2 N–H and O–H groups in total. The summed E-state index contributed by atoms with van der Waals surface area (Å²) in [7, 11) is -3.18. The van der Waals surface area contributed by atoms with Crippen molar-refractivity contribution in [3.8, 4) is 17.1 Å². The Labute approximate surface area is 187 Å². The summed E-state index contributed by atoms with van der Waals surface area (Å²) in [5.74, 6) is 1.61. The fourth-order valence-corrected chi connectivity index (χ4v) is 4.73. The number of sulfonamides is 1. The summed E-state index contributed by atoms with van der Waals surface area (Å²) in [5, 5.41) is 14.8. The van der Waals surface area contributed by atoms with Crippen LogP contribution in [-0.4, -0.2) is 74.5 Å². The number of anilines is 1. The third kappa shape index (κ3) is 4.85. The van der Waals surface area contributed by atoms with E-state index in [2.05, 4.69) is 44.4 Å². The van der Waals surface area contributed by atoms with Gasteiger partial charge in [0.15, 0.2) is 5.65 Å². The van der Waals surface area contributed by atoms with Crippen molar-refractivity contribution in [1.29, 1.82) is 0 Å². The number of aromatic nitrogens is 6. The molecule has 32 heavy (non-hydrogen) atoms. The van der Waals surface area contributed by atoms with E-state index in [-0.39, 0.29) is 12.0 Å². The predicted molar refractivity (Wildman–Crippen MR) is 121 cm³/mol. The zero-order valence-electron chi connectivity index (χ0n) is 18.8. The van der Waals surface area contributed by atoms with Crippen LogP contribution in [0.2, 0.25) is 0 Å². The summed E-state index contributed by atoms with van der Waals surface area (Å²) >= 11 is 0. The van der Waals surface area contributed by atoms with Crippen molar-refractivity contribution in [3.05, 3.63) is 18.6 Å². The molecule has 1 saturated heterocycles. The highest BCUT2D eigenvalue weighted by Gasteiger charge is 2.31. The van der Waals surface area contributed by atoms with E-state index < -0.39 is 10.0 Å². The van der Waals surface area contributed by atoms with E-state index >= 15 is 0 Å². The Balaban J connectivity index is 1.59. The average Bonchev–Trinajstić information content (AvgIpc) is 3.38. The Hall–Kier alpha value is -2.73. The highest BCUT2D eigenvalue weighted by molar-refractivity contribution is 7.88. The second-order valence-corrected chi connectivity index (χ2v) is 10.8. The Morgan fingerprint density at radius 1 is 1.34 bits per heavy atom. The van der Waals surface area contributed by atoms with Crippen LogP contribution < -0.4 is 10.1 Å². The number of fused-ring (bicyclic) bond motifs is 1. The molecule has 2 atom stereocenters. The third-order valence-electron chi connectivity index (χ3n) is 5.69. The molecule has 1 aliphatic heterocycles. The third-order valence-corrected chi connectivity index (χ3v) is 6.96. The molecule has 0 radical (unpaired) electrons. The molecule has 0 spiro atoms. The van der Waals surface area contributed by atoms with Crippen LogP contribution in [0.5, 0.6) is 5.88 Å². The van der Waals surface area contributed by atoms with Gasteiger partial charge < -0.3 is 10.1 Å². The second kappa shape index (κ2) is 9.02. The van der Waals surface area contributed by atoms with Crippen molar-refractivity contribution in [2.45, 2.75) is 39.7 Å². The molecule has 0 aromatic carbocycles. The van der Waals surface area contributed by atoms with Crippen LogP contribution in [0.1, 0.15) is 33.6 Å². The maximum atomic E-state index is 11.9. The minimum absolute atomic E-state index is 0.0667. The minimum atomic E-state index is -3.18. The number of nitrogens with zero attached hydrogens (tertiary/aromatic N) is 6. The smallest absolute Gasteiger partial charge is 0.244 e. The number of piperidine rings is 1. The van der Waals surface area contributed by atoms with Crippen molar-refractivity contribution >= 4 is 21.6 Å². The van der Waals surface area contributed by atoms with Crippen LogP contribution in [0, 0.1) is 11.8 Å². The number of hydrogen-bond acceptors (Lipinski definition) is 8. The summed E-state index contributed by atoms with van der Waals surface area (Å²) in [6.45, 7) is 7.81. The molecular weight excluding hydrogens is 432 g/mol. The van der Waals surface area contributed by atoms with Crippen LogP contribution in [-0.2, 0) is 10.0 Å². The van der Waals surface area contributed by atoms with Gasteiger partial charge in [-0.15, -0.1) is 5.10 Å². The van der Waals surface area contributed by atoms with Crippen molar-refractivity contribution < 1.29 is 13.2 Å². The molecule has 0 aliphatic carbocycles. The Morgan fingerprint density at radius 2 is 2.16 bits per heavy atom. The van der Waals surface area contributed by atoms with Crippen LogP contribution >= 0.6 is 0 Å². The zero-order valence-corrected chi connectivity index (χ0v) is 19.6. The lowest BCUT2D eigenvalue weighted by Gasteiger charge is -2.35. The average molecular weight is 463 g/mol. The van der Waals surface area contributed by atoms with E-state index in [9.17, 15) is 8.42 Å². The van der Waals surface area contributed by atoms with Gasteiger partial charge in [-0.1, -0.05) is 20.8 Å². The van der Waals surface area contributed by atoms with Gasteiger partial charge in [-0.05, 0) is 24.7 Å². The molecule has 3 aromatic rings. The zero-order chi connectivity index (χ0) is 22.9.